The summed E-state index contributed by atoms with van der Waals surface area (Å²) >= 11 is 0. The molecule has 2 heterocycles. The molecule has 2 amide bonds. The van der Waals surface area contributed by atoms with Crippen molar-refractivity contribution in [3.63, 3.8) is 0 Å². The van der Waals surface area contributed by atoms with Crippen molar-refractivity contribution >= 4 is 18.0 Å². The smallest absolute Gasteiger partial charge is 0.410 e. The van der Waals surface area contributed by atoms with Crippen LogP contribution >= 0.6 is 0 Å². The van der Waals surface area contributed by atoms with Crippen molar-refractivity contribution in [2.75, 3.05) is 53.4 Å². The van der Waals surface area contributed by atoms with Crippen molar-refractivity contribution < 1.29 is 14.3 Å². The first-order valence-electron chi connectivity index (χ1n) is 11.1. The fourth-order valence-electron chi connectivity index (χ4n) is 3.76. The van der Waals surface area contributed by atoms with E-state index in [1.54, 1.807) is 19.0 Å². The quantitative estimate of drug-likeness (QED) is 0.490. The number of amides is 2. The molecule has 2 aliphatic rings. The zero-order valence-corrected chi connectivity index (χ0v) is 19.5. The fraction of sp³-hybridized carbons (Fsp3) is 0.857. The van der Waals surface area contributed by atoms with E-state index >= 15 is 0 Å². The lowest BCUT2D eigenvalue weighted by Crippen LogP contribution is -2.49. The number of aliphatic imine (C=N–C) groups is 1. The van der Waals surface area contributed by atoms with Crippen LogP contribution in [0.1, 0.15) is 47.0 Å². The highest BCUT2D eigenvalue weighted by molar-refractivity contribution is 5.85. The molecule has 2 fully saturated rings. The van der Waals surface area contributed by atoms with E-state index < -0.39 is 5.60 Å². The average Bonchev–Trinajstić information content (AvgIpc) is 3.31. The Labute approximate surface area is 181 Å². The van der Waals surface area contributed by atoms with E-state index in [9.17, 15) is 9.59 Å². The van der Waals surface area contributed by atoms with E-state index in [0.29, 0.717) is 25.1 Å². The molecule has 0 radical (unpaired) electrons. The fourth-order valence-corrected chi connectivity index (χ4v) is 3.76. The van der Waals surface area contributed by atoms with Gasteiger partial charge < -0.3 is 25.2 Å². The molecule has 0 aromatic carbocycles. The summed E-state index contributed by atoms with van der Waals surface area (Å²) < 4.78 is 5.48. The second-order valence-electron chi connectivity index (χ2n) is 9.31. The number of hydrogen-bond donors (Lipinski definition) is 2. The molecule has 0 aromatic rings. The van der Waals surface area contributed by atoms with Crippen LogP contribution in [0.3, 0.4) is 0 Å². The standard InChI is InChI=1S/C21H40N6O3/c1-7-26-11-8-9-17(26)13-22-19(23-14-18(28)25(5)6)24-16-10-12-27(15-16)20(29)30-21(2,3)4/h16-17H,7-15H2,1-6H3,(H2,22,23,24). The van der Waals surface area contributed by atoms with E-state index in [4.69, 9.17) is 4.74 Å². The minimum absolute atomic E-state index is 0.0473. The van der Waals surface area contributed by atoms with Crippen LogP contribution in [0.25, 0.3) is 0 Å². The molecule has 2 saturated heterocycles. The molecule has 2 rings (SSSR count). The van der Waals surface area contributed by atoms with Gasteiger partial charge in [-0.1, -0.05) is 6.92 Å². The van der Waals surface area contributed by atoms with E-state index in [1.807, 2.05) is 20.8 Å². The summed E-state index contributed by atoms with van der Waals surface area (Å²) in [5.74, 6) is 0.582. The second kappa shape index (κ2) is 10.8. The lowest BCUT2D eigenvalue weighted by atomic mass is 10.2. The molecule has 9 nitrogen and oxygen atoms in total. The minimum Gasteiger partial charge on any atom is -0.444 e. The van der Waals surface area contributed by atoms with Crippen LogP contribution in [0.5, 0.6) is 0 Å². The molecule has 2 N–H and O–H groups in total. The van der Waals surface area contributed by atoms with Crippen molar-refractivity contribution in [3.05, 3.63) is 0 Å². The zero-order chi connectivity index (χ0) is 22.3. The SMILES string of the molecule is CCN1CCCC1CNC(=NCC(=O)N(C)C)NC1CCN(C(=O)OC(C)(C)C)C1. The first-order chi connectivity index (χ1) is 14.1. The highest BCUT2D eigenvalue weighted by Crippen LogP contribution is 2.16. The highest BCUT2D eigenvalue weighted by Gasteiger charge is 2.30. The average molecular weight is 425 g/mol. The van der Waals surface area contributed by atoms with Crippen molar-refractivity contribution in [1.29, 1.82) is 0 Å². The first-order valence-corrected chi connectivity index (χ1v) is 11.1. The molecular formula is C21H40N6O3. The Kier molecular flexibility index (Phi) is 8.76. The Morgan fingerprint density at radius 3 is 2.57 bits per heavy atom. The van der Waals surface area contributed by atoms with Gasteiger partial charge in [0.1, 0.15) is 12.1 Å². The van der Waals surface area contributed by atoms with Gasteiger partial charge in [0.2, 0.25) is 5.91 Å². The summed E-state index contributed by atoms with van der Waals surface area (Å²) in [5, 5.41) is 6.84. The summed E-state index contributed by atoms with van der Waals surface area (Å²) in [5.41, 5.74) is -0.504. The number of nitrogens with one attached hydrogen (secondary N) is 2. The Hall–Kier alpha value is -2.03. The number of nitrogens with zero attached hydrogens (tertiary/aromatic N) is 4. The molecule has 172 valence electrons. The van der Waals surface area contributed by atoms with Crippen molar-refractivity contribution in [3.8, 4) is 0 Å². The third kappa shape index (κ3) is 7.66. The number of carbonyl (C=O) groups excluding carboxylic acids is 2. The van der Waals surface area contributed by atoms with Crippen molar-refractivity contribution in [2.45, 2.75) is 64.6 Å². The van der Waals surface area contributed by atoms with Gasteiger partial charge >= 0.3 is 6.09 Å². The van der Waals surface area contributed by atoms with Gasteiger partial charge in [0, 0.05) is 45.8 Å². The van der Waals surface area contributed by atoms with Crippen molar-refractivity contribution in [1.82, 2.24) is 25.3 Å². The van der Waals surface area contributed by atoms with Gasteiger partial charge in [-0.3, -0.25) is 9.69 Å². The van der Waals surface area contributed by atoms with Crippen LogP contribution in [0, 0.1) is 0 Å². The zero-order valence-electron chi connectivity index (χ0n) is 19.5. The predicted molar refractivity (Wildman–Crippen MR) is 119 cm³/mol. The number of guanidine groups is 1. The van der Waals surface area contributed by atoms with Crippen molar-refractivity contribution in [2.24, 2.45) is 4.99 Å². The number of hydrogen-bond acceptors (Lipinski definition) is 5. The van der Waals surface area contributed by atoms with Crippen LogP contribution < -0.4 is 10.6 Å². The molecule has 0 saturated carbocycles. The number of likely N-dealkylation sites (tertiary alicyclic amines) is 2. The van der Waals surface area contributed by atoms with Crippen LogP contribution in [0.15, 0.2) is 4.99 Å². The van der Waals surface area contributed by atoms with Gasteiger partial charge in [-0.15, -0.1) is 0 Å². The number of ether oxygens (including phenoxy) is 1. The van der Waals surface area contributed by atoms with Gasteiger partial charge in [-0.2, -0.15) is 0 Å². The normalized spacial score (nSPS) is 22.9. The third-order valence-corrected chi connectivity index (χ3v) is 5.46. The molecule has 9 heteroatoms. The summed E-state index contributed by atoms with van der Waals surface area (Å²) in [6, 6.07) is 0.553. The highest BCUT2D eigenvalue weighted by atomic mass is 16.6. The number of carbonyl (C=O) groups is 2. The molecule has 0 bridgehead atoms. The lowest BCUT2D eigenvalue weighted by molar-refractivity contribution is -0.127. The van der Waals surface area contributed by atoms with E-state index in [1.165, 1.54) is 17.7 Å². The molecule has 2 atom stereocenters. The Bertz CT molecular complexity index is 616. The predicted octanol–water partition coefficient (Wildman–Crippen LogP) is 1.10. The topological polar surface area (TPSA) is 89.5 Å². The summed E-state index contributed by atoms with van der Waals surface area (Å²) in [6.07, 6.45) is 2.91. The molecule has 0 aliphatic carbocycles. The van der Waals surface area contributed by atoms with Crippen LogP contribution in [0.4, 0.5) is 4.79 Å². The van der Waals surface area contributed by atoms with Crippen LogP contribution in [-0.4, -0.2) is 104 Å². The largest absolute Gasteiger partial charge is 0.444 e. The summed E-state index contributed by atoms with van der Waals surface area (Å²) in [7, 11) is 3.46. The Morgan fingerprint density at radius 1 is 1.20 bits per heavy atom. The summed E-state index contributed by atoms with van der Waals surface area (Å²) in [6.45, 7) is 12.1. The maximum Gasteiger partial charge on any atom is 0.410 e. The van der Waals surface area contributed by atoms with Gasteiger partial charge in [0.25, 0.3) is 0 Å². The second-order valence-corrected chi connectivity index (χ2v) is 9.31. The van der Waals surface area contributed by atoms with Gasteiger partial charge in [-0.25, -0.2) is 9.79 Å². The van der Waals surface area contributed by atoms with Crippen LogP contribution in [0.2, 0.25) is 0 Å². The Balaban J connectivity index is 1.94. The number of likely N-dealkylation sites (N-methyl/N-ethyl adjacent to an activating group) is 2. The molecular weight excluding hydrogens is 384 g/mol. The van der Waals surface area contributed by atoms with E-state index in [-0.39, 0.29) is 24.6 Å². The molecule has 0 aromatic heterocycles. The van der Waals surface area contributed by atoms with Crippen LogP contribution in [-0.2, 0) is 9.53 Å². The monoisotopic (exact) mass is 424 g/mol. The molecule has 0 spiro atoms. The third-order valence-electron chi connectivity index (χ3n) is 5.46. The lowest BCUT2D eigenvalue weighted by Gasteiger charge is -2.26. The van der Waals surface area contributed by atoms with Gasteiger partial charge in [0.05, 0.1) is 0 Å². The molecule has 2 aliphatic heterocycles. The van der Waals surface area contributed by atoms with E-state index in [2.05, 4.69) is 27.4 Å². The molecule has 30 heavy (non-hydrogen) atoms. The Morgan fingerprint density at radius 2 is 1.93 bits per heavy atom. The number of rotatable bonds is 6. The maximum absolute atomic E-state index is 12.3. The first kappa shape index (κ1) is 24.2. The van der Waals surface area contributed by atoms with Gasteiger partial charge in [0.15, 0.2) is 5.96 Å². The summed E-state index contributed by atoms with van der Waals surface area (Å²) in [4.78, 5) is 34.6. The van der Waals surface area contributed by atoms with Gasteiger partial charge in [-0.05, 0) is 53.1 Å². The van der Waals surface area contributed by atoms with E-state index in [0.717, 1.165) is 26.1 Å². The maximum atomic E-state index is 12.3. The minimum atomic E-state index is -0.504. The molecule has 2 unspecified atom stereocenters.